The Balaban J connectivity index is 1.42. The number of para-hydroxylation sites is 1. The molecule has 28 heavy (non-hydrogen) atoms. The van der Waals surface area contributed by atoms with Crippen LogP contribution in [0.4, 0.5) is 10.6 Å². The minimum atomic E-state index is -0.415. The van der Waals surface area contributed by atoms with Crippen LogP contribution < -0.4 is 16.0 Å². The van der Waals surface area contributed by atoms with Gasteiger partial charge in [0.25, 0.3) is 5.91 Å². The molecule has 1 heterocycles. The maximum atomic E-state index is 12.0. The van der Waals surface area contributed by atoms with Gasteiger partial charge in [-0.05, 0) is 30.3 Å². The van der Waals surface area contributed by atoms with Gasteiger partial charge in [-0.2, -0.15) is 0 Å². The fourth-order valence-electron chi connectivity index (χ4n) is 2.37. The Hall–Kier alpha value is -3.03. The molecule has 7 nitrogen and oxygen atoms in total. The molecule has 0 saturated carbocycles. The number of amides is 3. The van der Waals surface area contributed by atoms with Crippen molar-refractivity contribution in [2.75, 3.05) is 18.4 Å². The Labute approximate surface area is 171 Å². The van der Waals surface area contributed by atoms with Crippen molar-refractivity contribution in [2.45, 2.75) is 0 Å². The highest BCUT2D eigenvalue weighted by molar-refractivity contribution is 6.42. The Morgan fingerprint density at radius 2 is 1.68 bits per heavy atom. The number of carbonyl (C=O) groups is 2. The van der Waals surface area contributed by atoms with Crippen molar-refractivity contribution in [1.82, 2.24) is 20.4 Å². The van der Waals surface area contributed by atoms with Crippen LogP contribution >= 0.6 is 23.2 Å². The maximum absolute atomic E-state index is 12.0. The summed E-state index contributed by atoms with van der Waals surface area (Å²) < 4.78 is 1.66. The molecule has 3 aromatic rings. The van der Waals surface area contributed by atoms with Gasteiger partial charge in [-0.15, -0.1) is 5.10 Å². The van der Waals surface area contributed by atoms with Crippen molar-refractivity contribution in [3.8, 4) is 5.69 Å². The van der Waals surface area contributed by atoms with Crippen LogP contribution in [0.1, 0.15) is 10.4 Å². The second-order valence-corrected chi connectivity index (χ2v) is 6.56. The second kappa shape index (κ2) is 9.25. The van der Waals surface area contributed by atoms with Crippen molar-refractivity contribution < 1.29 is 9.59 Å². The molecule has 0 unspecified atom stereocenters. The van der Waals surface area contributed by atoms with E-state index in [1.165, 1.54) is 6.07 Å². The van der Waals surface area contributed by atoms with E-state index in [2.05, 4.69) is 21.0 Å². The monoisotopic (exact) mass is 417 g/mol. The number of rotatable bonds is 6. The summed E-state index contributed by atoms with van der Waals surface area (Å²) in [6.45, 7) is 0.503. The number of hydrogen-bond acceptors (Lipinski definition) is 3. The summed E-state index contributed by atoms with van der Waals surface area (Å²) in [6.07, 6.45) is 1.75. The molecule has 144 valence electrons. The third-order valence-corrected chi connectivity index (χ3v) is 4.47. The molecular formula is C19H17Cl2N5O2. The number of urea groups is 1. The molecule has 0 atom stereocenters. The van der Waals surface area contributed by atoms with Crippen molar-refractivity contribution in [1.29, 1.82) is 0 Å². The SMILES string of the molecule is O=C(NCCNC(=O)c1ccc(Cl)c(Cl)c1)Nc1ccn(-c2ccccc2)n1. The lowest BCUT2D eigenvalue weighted by Gasteiger charge is -2.08. The molecule has 0 aliphatic rings. The number of carbonyl (C=O) groups excluding carboxylic acids is 2. The molecule has 3 rings (SSSR count). The molecule has 3 amide bonds. The lowest BCUT2D eigenvalue weighted by atomic mass is 10.2. The molecule has 1 aromatic heterocycles. The first kappa shape index (κ1) is 19.7. The molecule has 0 radical (unpaired) electrons. The molecule has 2 aromatic carbocycles. The first-order valence-electron chi connectivity index (χ1n) is 8.42. The predicted molar refractivity (Wildman–Crippen MR) is 109 cm³/mol. The average Bonchev–Trinajstić information content (AvgIpc) is 3.16. The van der Waals surface area contributed by atoms with E-state index in [4.69, 9.17) is 23.2 Å². The van der Waals surface area contributed by atoms with Crippen LogP contribution in [0.15, 0.2) is 60.8 Å². The summed E-state index contributed by atoms with van der Waals surface area (Å²) in [6, 6.07) is 15.4. The van der Waals surface area contributed by atoms with Gasteiger partial charge in [0.2, 0.25) is 0 Å². The highest BCUT2D eigenvalue weighted by Crippen LogP contribution is 2.22. The summed E-state index contributed by atoms with van der Waals surface area (Å²) >= 11 is 11.7. The van der Waals surface area contributed by atoms with Crippen LogP contribution in [0.5, 0.6) is 0 Å². The molecule has 0 saturated heterocycles. The molecular weight excluding hydrogens is 401 g/mol. The van der Waals surface area contributed by atoms with Crippen LogP contribution in [0.25, 0.3) is 5.69 Å². The number of nitrogens with zero attached hydrogens (tertiary/aromatic N) is 2. The van der Waals surface area contributed by atoms with E-state index in [-0.39, 0.29) is 19.0 Å². The zero-order chi connectivity index (χ0) is 19.9. The second-order valence-electron chi connectivity index (χ2n) is 5.75. The largest absolute Gasteiger partial charge is 0.350 e. The predicted octanol–water partition coefficient (Wildman–Crippen LogP) is 3.73. The van der Waals surface area contributed by atoms with E-state index >= 15 is 0 Å². The van der Waals surface area contributed by atoms with Gasteiger partial charge >= 0.3 is 6.03 Å². The Morgan fingerprint density at radius 1 is 0.929 bits per heavy atom. The molecule has 3 N–H and O–H groups in total. The van der Waals surface area contributed by atoms with Gasteiger partial charge in [-0.1, -0.05) is 41.4 Å². The van der Waals surface area contributed by atoms with Crippen LogP contribution in [0.3, 0.4) is 0 Å². The summed E-state index contributed by atoms with van der Waals surface area (Å²) in [5.41, 5.74) is 1.28. The zero-order valence-electron chi connectivity index (χ0n) is 14.7. The molecule has 0 aliphatic carbocycles. The number of hydrogen-bond donors (Lipinski definition) is 3. The number of aromatic nitrogens is 2. The van der Waals surface area contributed by atoms with Gasteiger partial charge < -0.3 is 10.6 Å². The van der Waals surface area contributed by atoms with Gasteiger partial charge in [0, 0.05) is 30.9 Å². The van der Waals surface area contributed by atoms with E-state index in [0.717, 1.165) is 5.69 Å². The summed E-state index contributed by atoms with van der Waals surface area (Å²) in [4.78, 5) is 24.0. The van der Waals surface area contributed by atoms with Crippen molar-refractivity contribution in [3.63, 3.8) is 0 Å². The number of anilines is 1. The normalized spacial score (nSPS) is 10.4. The Morgan fingerprint density at radius 3 is 2.43 bits per heavy atom. The van der Waals surface area contributed by atoms with E-state index < -0.39 is 6.03 Å². The highest BCUT2D eigenvalue weighted by Gasteiger charge is 2.08. The standard InChI is InChI=1S/C19H17Cl2N5O2/c20-15-7-6-13(12-16(15)21)18(27)22-9-10-23-19(28)24-17-8-11-26(25-17)14-4-2-1-3-5-14/h1-8,11-12H,9-10H2,(H,22,27)(H2,23,24,25,28). The van der Waals surface area contributed by atoms with Crippen molar-refractivity contribution >= 4 is 41.0 Å². The summed E-state index contributed by atoms with van der Waals surface area (Å²) in [7, 11) is 0. The number of halogens is 2. The molecule has 0 fully saturated rings. The van der Waals surface area contributed by atoms with Gasteiger partial charge in [-0.3, -0.25) is 10.1 Å². The van der Waals surface area contributed by atoms with Crippen LogP contribution in [0.2, 0.25) is 10.0 Å². The van der Waals surface area contributed by atoms with Crippen LogP contribution in [0, 0.1) is 0 Å². The van der Waals surface area contributed by atoms with Crippen LogP contribution in [-0.4, -0.2) is 34.8 Å². The summed E-state index contributed by atoms with van der Waals surface area (Å²) in [5.74, 6) is 0.114. The Kier molecular flexibility index (Phi) is 6.52. The molecule has 0 aliphatic heterocycles. The van der Waals surface area contributed by atoms with Gasteiger partial charge in [-0.25, -0.2) is 9.48 Å². The third kappa shape index (κ3) is 5.25. The smallest absolute Gasteiger partial charge is 0.320 e. The molecule has 0 spiro atoms. The van der Waals surface area contributed by atoms with E-state index in [1.807, 2.05) is 30.3 Å². The quantitative estimate of drug-likeness (QED) is 0.533. The van der Waals surface area contributed by atoms with E-state index in [0.29, 0.717) is 21.4 Å². The van der Waals surface area contributed by atoms with Gasteiger partial charge in [0.05, 0.1) is 15.7 Å². The minimum Gasteiger partial charge on any atom is -0.350 e. The first-order valence-corrected chi connectivity index (χ1v) is 9.18. The highest BCUT2D eigenvalue weighted by atomic mass is 35.5. The fourth-order valence-corrected chi connectivity index (χ4v) is 2.67. The van der Waals surface area contributed by atoms with Crippen molar-refractivity contribution in [2.24, 2.45) is 0 Å². The lowest BCUT2D eigenvalue weighted by Crippen LogP contribution is -2.36. The molecule has 0 bridgehead atoms. The number of benzene rings is 2. The third-order valence-electron chi connectivity index (χ3n) is 3.73. The van der Waals surface area contributed by atoms with Crippen molar-refractivity contribution in [3.05, 3.63) is 76.4 Å². The molecule has 9 heteroatoms. The van der Waals surface area contributed by atoms with Gasteiger partial charge in [0.1, 0.15) is 0 Å². The topological polar surface area (TPSA) is 88.0 Å². The number of nitrogens with one attached hydrogen (secondary N) is 3. The van der Waals surface area contributed by atoms with Gasteiger partial charge in [0.15, 0.2) is 5.82 Å². The van der Waals surface area contributed by atoms with E-state index in [1.54, 1.807) is 29.1 Å². The lowest BCUT2D eigenvalue weighted by molar-refractivity contribution is 0.0954. The maximum Gasteiger partial charge on any atom is 0.320 e. The van der Waals surface area contributed by atoms with E-state index in [9.17, 15) is 9.59 Å². The first-order chi connectivity index (χ1) is 13.5. The zero-order valence-corrected chi connectivity index (χ0v) is 16.2. The minimum absolute atomic E-state index is 0.248. The fraction of sp³-hybridized carbons (Fsp3) is 0.105. The summed E-state index contributed by atoms with van der Waals surface area (Å²) in [5, 5.41) is 12.9. The van der Waals surface area contributed by atoms with Crippen LogP contribution in [-0.2, 0) is 0 Å². The average molecular weight is 418 g/mol. The Bertz CT molecular complexity index is 975.